The zero-order valence-corrected chi connectivity index (χ0v) is 10.2. The van der Waals surface area contributed by atoms with Crippen LogP contribution in [0.25, 0.3) is 0 Å². The van der Waals surface area contributed by atoms with Crippen LogP contribution in [-0.2, 0) is 16.1 Å². The quantitative estimate of drug-likeness (QED) is 0.768. The van der Waals surface area contributed by atoms with Gasteiger partial charge in [0.1, 0.15) is 5.75 Å². The summed E-state index contributed by atoms with van der Waals surface area (Å²) in [5.74, 6) is 0.935. The van der Waals surface area contributed by atoms with Crippen molar-refractivity contribution in [3.63, 3.8) is 0 Å². The highest BCUT2D eigenvalue weighted by Crippen LogP contribution is 2.32. The van der Waals surface area contributed by atoms with Crippen LogP contribution in [0.4, 0.5) is 0 Å². The standard InChI is InChI=1S/C13H16N2O3/c1-8-13(16)14-5-11(15-8)10-4-2-3-9-6-17-7-18-12(9)10/h2-4,8,11,15H,5-7H2,1H3,(H,14,16)/t8-,11?/m0/s1. The molecule has 0 radical (unpaired) electrons. The monoisotopic (exact) mass is 248 g/mol. The van der Waals surface area contributed by atoms with Gasteiger partial charge in [0.05, 0.1) is 18.7 Å². The van der Waals surface area contributed by atoms with Crippen LogP contribution in [0.5, 0.6) is 5.75 Å². The van der Waals surface area contributed by atoms with Gasteiger partial charge in [-0.25, -0.2) is 0 Å². The topological polar surface area (TPSA) is 59.6 Å². The van der Waals surface area contributed by atoms with Crippen LogP contribution in [0.15, 0.2) is 18.2 Å². The molecule has 0 aliphatic carbocycles. The molecule has 0 spiro atoms. The molecule has 0 bridgehead atoms. The summed E-state index contributed by atoms with van der Waals surface area (Å²) in [4.78, 5) is 11.4. The molecule has 2 N–H and O–H groups in total. The fourth-order valence-corrected chi connectivity index (χ4v) is 2.41. The molecule has 0 aromatic heterocycles. The number of amides is 1. The van der Waals surface area contributed by atoms with E-state index in [1.807, 2.05) is 25.1 Å². The van der Waals surface area contributed by atoms with Gasteiger partial charge in [-0.05, 0) is 6.92 Å². The molecule has 18 heavy (non-hydrogen) atoms. The second-order valence-electron chi connectivity index (χ2n) is 4.63. The van der Waals surface area contributed by atoms with Gasteiger partial charge in [-0.1, -0.05) is 18.2 Å². The Kier molecular flexibility index (Phi) is 2.93. The number of rotatable bonds is 1. The van der Waals surface area contributed by atoms with Gasteiger partial charge in [0, 0.05) is 17.7 Å². The molecule has 2 aliphatic rings. The van der Waals surface area contributed by atoms with Gasteiger partial charge < -0.3 is 14.8 Å². The summed E-state index contributed by atoms with van der Waals surface area (Å²) >= 11 is 0. The first-order valence-electron chi connectivity index (χ1n) is 6.12. The van der Waals surface area contributed by atoms with Crippen LogP contribution in [0.3, 0.4) is 0 Å². The van der Waals surface area contributed by atoms with Crippen LogP contribution >= 0.6 is 0 Å². The Morgan fingerprint density at radius 3 is 3.11 bits per heavy atom. The van der Waals surface area contributed by atoms with E-state index in [9.17, 15) is 4.79 Å². The first-order valence-corrected chi connectivity index (χ1v) is 6.12. The van der Waals surface area contributed by atoms with Crippen molar-refractivity contribution in [1.82, 2.24) is 10.6 Å². The lowest BCUT2D eigenvalue weighted by Crippen LogP contribution is -2.53. The van der Waals surface area contributed by atoms with Gasteiger partial charge in [-0.2, -0.15) is 0 Å². The normalized spacial score (nSPS) is 27.1. The number of carbonyl (C=O) groups excluding carboxylic acids is 1. The van der Waals surface area contributed by atoms with E-state index in [0.29, 0.717) is 19.9 Å². The molecule has 1 unspecified atom stereocenters. The Labute approximate surface area is 105 Å². The molecule has 1 aromatic rings. The largest absolute Gasteiger partial charge is 0.467 e. The van der Waals surface area contributed by atoms with E-state index in [4.69, 9.17) is 9.47 Å². The molecular weight excluding hydrogens is 232 g/mol. The van der Waals surface area contributed by atoms with Crippen molar-refractivity contribution in [1.29, 1.82) is 0 Å². The van der Waals surface area contributed by atoms with E-state index in [1.165, 1.54) is 0 Å². The number of para-hydroxylation sites is 1. The minimum absolute atomic E-state index is 0.0419. The molecule has 1 amide bonds. The Morgan fingerprint density at radius 2 is 2.28 bits per heavy atom. The Bertz CT molecular complexity index is 475. The number of benzene rings is 1. The van der Waals surface area contributed by atoms with Crippen molar-refractivity contribution < 1.29 is 14.3 Å². The average molecular weight is 248 g/mol. The molecule has 3 rings (SSSR count). The van der Waals surface area contributed by atoms with Crippen molar-refractivity contribution in [2.45, 2.75) is 25.6 Å². The average Bonchev–Trinajstić information content (AvgIpc) is 2.41. The van der Waals surface area contributed by atoms with Crippen LogP contribution in [0.2, 0.25) is 0 Å². The van der Waals surface area contributed by atoms with Crippen LogP contribution in [0, 0.1) is 0 Å². The molecule has 1 saturated heterocycles. The van der Waals surface area contributed by atoms with Crippen LogP contribution in [-0.4, -0.2) is 25.3 Å². The molecule has 2 atom stereocenters. The van der Waals surface area contributed by atoms with Gasteiger partial charge in [0.2, 0.25) is 5.91 Å². The third-order valence-electron chi connectivity index (χ3n) is 3.37. The van der Waals surface area contributed by atoms with Crippen molar-refractivity contribution >= 4 is 5.91 Å². The highest BCUT2D eigenvalue weighted by atomic mass is 16.7. The van der Waals surface area contributed by atoms with Crippen molar-refractivity contribution in [3.8, 4) is 5.75 Å². The summed E-state index contributed by atoms with van der Waals surface area (Å²) in [5.41, 5.74) is 2.15. The van der Waals surface area contributed by atoms with Crippen molar-refractivity contribution in [2.24, 2.45) is 0 Å². The lowest BCUT2D eigenvalue weighted by Gasteiger charge is -2.31. The maximum atomic E-state index is 11.4. The number of ether oxygens (including phenoxy) is 2. The molecule has 1 fully saturated rings. The van der Waals surface area contributed by atoms with Crippen LogP contribution in [0.1, 0.15) is 24.1 Å². The molecule has 0 saturated carbocycles. The Morgan fingerprint density at radius 1 is 1.39 bits per heavy atom. The van der Waals surface area contributed by atoms with Crippen molar-refractivity contribution in [2.75, 3.05) is 13.3 Å². The number of carbonyl (C=O) groups is 1. The first kappa shape index (κ1) is 11.5. The summed E-state index contributed by atoms with van der Waals surface area (Å²) in [6, 6.07) is 5.94. The van der Waals surface area contributed by atoms with E-state index in [-0.39, 0.29) is 18.0 Å². The minimum Gasteiger partial charge on any atom is -0.467 e. The first-order chi connectivity index (χ1) is 8.75. The highest BCUT2D eigenvalue weighted by molar-refractivity contribution is 5.82. The van der Waals surface area contributed by atoms with E-state index in [1.54, 1.807) is 0 Å². The lowest BCUT2D eigenvalue weighted by atomic mass is 9.99. The zero-order chi connectivity index (χ0) is 12.5. The SMILES string of the molecule is C[C@@H]1NC(c2cccc3c2OCOC3)CNC1=O. The number of nitrogens with one attached hydrogen (secondary N) is 2. The maximum absolute atomic E-state index is 11.4. The third kappa shape index (κ3) is 1.95. The second-order valence-corrected chi connectivity index (χ2v) is 4.63. The summed E-state index contributed by atoms with van der Waals surface area (Å²) in [6.45, 7) is 3.32. The van der Waals surface area contributed by atoms with Gasteiger partial charge in [-0.15, -0.1) is 0 Å². The summed E-state index contributed by atoms with van der Waals surface area (Å²) in [7, 11) is 0. The lowest BCUT2D eigenvalue weighted by molar-refractivity contribution is -0.124. The number of fused-ring (bicyclic) bond motifs is 1. The smallest absolute Gasteiger partial charge is 0.236 e. The van der Waals surface area contributed by atoms with E-state index in [2.05, 4.69) is 10.6 Å². The minimum atomic E-state index is -0.181. The number of hydrogen-bond donors (Lipinski definition) is 2. The summed E-state index contributed by atoms with van der Waals surface area (Å²) in [6.07, 6.45) is 0. The van der Waals surface area contributed by atoms with Gasteiger partial charge >= 0.3 is 0 Å². The highest BCUT2D eigenvalue weighted by Gasteiger charge is 2.28. The molecule has 5 nitrogen and oxygen atoms in total. The summed E-state index contributed by atoms with van der Waals surface area (Å²) < 4.78 is 10.9. The number of piperazine rings is 1. The zero-order valence-electron chi connectivity index (χ0n) is 10.2. The second kappa shape index (κ2) is 4.59. The molecule has 5 heteroatoms. The van der Waals surface area contributed by atoms with Crippen LogP contribution < -0.4 is 15.4 Å². The molecule has 2 heterocycles. The van der Waals surface area contributed by atoms with Gasteiger partial charge in [0.25, 0.3) is 0 Å². The van der Waals surface area contributed by atoms with E-state index < -0.39 is 0 Å². The Balaban J connectivity index is 1.90. The van der Waals surface area contributed by atoms with Gasteiger partial charge in [0.15, 0.2) is 6.79 Å². The predicted octanol–water partition coefficient (Wildman–Crippen LogP) is 0.702. The predicted molar refractivity (Wildman–Crippen MR) is 65.1 cm³/mol. The molecular formula is C13H16N2O3. The van der Waals surface area contributed by atoms with E-state index in [0.717, 1.165) is 16.9 Å². The Hall–Kier alpha value is -1.59. The van der Waals surface area contributed by atoms with Gasteiger partial charge in [-0.3, -0.25) is 10.1 Å². The maximum Gasteiger partial charge on any atom is 0.236 e. The summed E-state index contributed by atoms with van der Waals surface area (Å²) in [5, 5.41) is 6.20. The third-order valence-corrected chi connectivity index (χ3v) is 3.37. The molecule has 2 aliphatic heterocycles. The fourth-order valence-electron chi connectivity index (χ4n) is 2.41. The van der Waals surface area contributed by atoms with Crippen molar-refractivity contribution in [3.05, 3.63) is 29.3 Å². The molecule has 96 valence electrons. The fraction of sp³-hybridized carbons (Fsp3) is 0.462. The molecule has 1 aromatic carbocycles. The number of hydrogen-bond acceptors (Lipinski definition) is 4. The van der Waals surface area contributed by atoms with E-state index >= 15 is 0 Å².